The number of rotatable bonds is 6. The Labute approximate surface area is 144 Å². The number of piperazine rings is 1. The Bertz CT molecular complexity index is 540. The van der Waals surface area contributed by atoms with Crippen molar-refractivity contribution in [1.29, 1.82) is 0 Å². The number of methoxy groups -OCH3 is 2. The summed E-state index contributed by atoms with van der Waals surface area (Å²) in [5.74, 6) is 2.17. The molecule has 0 saturated carbocycles. The van der Waals surface area contributed by atoms with Gasteiger partial charge in [-0.15, -0.1) is 0 Å². The quantitative estimate of drug-likeness (QED) is 0.868. The van der Waals surface area contributed by atoms with Crippen LogP contribution in [0.5, 0.6) is 11.5 Å². The van der Waals surface area contributed by atoms with Gasteiger partial charge in [0, 0.05) is 38.8 Å². The van der Waals surface area contributed by atoms with Crippen LogP contribution in [0.25, 0.3) is 0 Å². The van der Waals surface area contributed by atoms with E-state index in [4.69, 9.17) is 9.47 Å². The van der Waals surface area contributed by atoms with Crippen molar-refractivity contribution in [3.8, 4) is 11.5 Å². The van der Waals surface area contributed by atoms with E-state index in [0.29, 0.717) is 19.0 Å². The molecule has 1 heterocycles. The Balaban J connectivity index is 1.89. The summed E-state index contributed by atoms with van der Waals surface area (Å²) in [6.07, 6.45) is 1.01. The van der Waals surface area contributed by atoms with Gasteiger partial charge in [-0.05, 0) is 24.5 Å². The summed E-state index contributed by atoms with van der Waals surface area (Å²) in [6.45, 7) is 8.06. The predicted octanol–water partition coefficient (Wildman–Crippen LogP) is 2.58. The first-order chi connectivity index (χ1) is 11.5. The Morgan fingerprint density at radius 1 is 1.17 bits per heavy atom. The van der Waals surface area contributed by atoms with Crippen molar-refractivity contribution in [1.82, 2.24) is 10.2 Å². The van der Waals surface area contributed by atoms with Crippen molar-refractivity contribution >= 4 is 11.7 Å². The largest absolute Gasteiger partial charge is 0.497 e. The standard InChI is InChI=1S/C18H29N3O3/c1-14(2)7-8-19-18(22)21-11-9-20(10-12-21)16-6-5-15(23-3)13-17(16)24-4/h5-6,13-14H,7-12H2,1-4H3,(H,19,22). The lowest BCUT2D eigenvalue weighted by Crippen LogP contribution is -2.52. The van der Waals surface area contributed by atoms with Gasteiger partial charge in [0.25, 0.3) is 0 Å². The molecule has 0 atom stereocenters. The van der Waals surface area contributed by atoms with Crippen LogP contribution in [0.4, 0.5) is 10.5 Å². The number of amides is 2. The van der Waals surface area contributed by atoms with Crippen molar-refractivity contribution < 1.29 is 14.3 Å². The molecule has 6 heteroatoms. The van der Waals surface area contributed by atoms with Crippen LogP contribution in [0, 0.1) is 5.92 Å². The van der Waals surface area contributed by atoms with E-state index in [9.17, 15) is 4.79 Å². The highest BCUT2D eigenvalue weighted by Crippen LogP contribution is 2.32. The molecule has 2 rings (SSSR count). The molecule has 6 nitrogen and oxygen atoms in total. The normalized spacial score (nSPS) is 14.7. The van der Waals surface area contributed by atoms with Crippen molar-refractivity contribution in [3.05, 3.63) is 18.2 Å². The minimum atomic E-state index is 0.0389. The molecule has 0 aliphatic carbocycles. The molecule has 24 heavy (non-hydrogen) atoms. The van der Waals surface area contributed by atoms with E-state index in [0.717, 1.165) is 43.2 Å². The summed E-state index contributed by atoms with van der Waals surface area (Å²) in [6, 6.07) is 5.87. The minimum absolute atomic E-state index is 0.0389. The molecule has 0 unspecified atom stereocenters. The van der Waals surface area contributed by atoms with Crippen LogP contribution in [-0.2, 0) is 0 Å². The monoisotopic (exact) mass is 335 g/mol. The van der Waals surface area contributed by atoms with Crippen molar-refractivity contribution in [2.24, 2.45) is 5.92 Å². The van der Waals surface area contributed by atoms with Crippen LogP contribution in [0.2, 0.25) is 0 Å². The van der Waals surface area contributed by atoms with E-state index in [2.05, 4.69) is 24.1 Å². The van der Waals surface area contributed by atoms with Gasteiger partial charge in [0.05, 0.1) is 19.9 Å². The zero-order chi connectivity index (χ0) is 17.5. The number of nitrogens with one attached hydrogen (secondary N) is 1. The second kappa shape index (κ2) is 8.66. The topological polar surface area (TPSA) is 54.0 Å². The average Bonchev–Trinajstić information content (AvgIpc) is 2.60. The van der Waals surface area contributed by atoms with E-state index in [-0.39, 0.29) is 6.03 Å². The predicted molar refractivity (Wildman–Crippen MR) is 96.2 cm³/mol. The summed E-state index contributed by atoms with van der Waals surface area (Å²) < 4.78 is 10.7. The highest BCUT2D eigenvalue weighted by atomic mass is 16.5. The Hall–Kier alpha value is -2.11. The van der Waals surface area contributed by atoms with E-state index in [1.807, 2.05) is 23.1 Å². The number of carbonyl (C=O) groups excluding carboxylic acids is 1. The molecule has 1 aromatic carbocycles. The first kappa shape index (κ1) is 18.2. The van der Waals surface area contributed by atoms with Gasteiger partial charge in [0.1, 0.15) is 11.5 Å². The molecule has 1 aliphatic rings. The summed E-state index contributed by atoms with van der Waals surface area (Å²) in [4.78, 5) is 16.3. The van der Waals surface area contributed by atoms with Gasteiger partial charge in [0.2, 0.25) is 0 Å². The molecule has 0 spiro atoms. The molecule has 0 radical (unpaired) electrons. The van der Waals surface area contributed by atoms with E-state index >= 15 is 0 Å². The first-order valence-electron chi connectivity index (χ1n) is 8.55. The van der Waals surface area contributed by atoms with Crippen LogP contribution in [-0.4, -0.2) is 57.9 Å². The average molecular weight is 335 g/mol. The zero-order valence-corrected chi connectivity index (χ0v) is 15.2. The maximum Gasteiger partial charge on any atom is 0.317 e. The Kier molecular flexibility index (Phi) is 6.58. The zero-order valence-electron chi connectivity index (χ0n) is 15.2. The molecule has 1 aromatic rings. The van der Waals surface area contributed by atoms with Gasteiger partial charge in [-0.3, -0.25) is 0 Å². The molecule has 134 valence electrons. The molecule has 1 aliphatic heterocycles. The van der Waals surface area contributed by atoms with Gasteiger partial charge in [-0.2, -0.15) is 0 Å². The Morgan fingerprint density at radius 2 is 1.88 bits per heavy atom. The van der Waals surface area contributed by atoms with Crippen molar-refractivity contribution in [2.75, 3.05) is 51.8 Å². The third kappa shape index (κ3) is 4.69. The molecule has 0 bridgehead atoms. The summed E-state index contributed by atoms with van der Waals surface area (Å²) in [5, 5.41) is 3.00. The molecular weight excluding hydrogens is 306 g/mol. The molecule has 0 aromatic heterocycles. The fraction of sp³-hybridized carbons (Fsp3) is 0.611. The van der Waals surface area contributed by atoms with Crippen LogP contribution in [0.15, 0.2) is 18.2 Å². The number of urea groups is 1. The minimum Gasteiger partial charge on any atom is -0.497 e. The van der Waals surface area contributed by atoms with Crippen LogP contribution in [0.3, 0.4) is 0 Å². The first-order valence-corrected chi connectivity index (χ1v) is 8.55. The van der Waals surface area contributed by atoms with E-state index < -0.39 is 0 Å². The fourth-order valence-electron chi connectivity index (χ4n) is 2.78. The third-order valence-corrected chi connectivity index (χ3v) is 4.29. The van der Waals surface area contributed by atoms with Crippen molar-refractivity contribution in [2.45, 2.75) is 20.3 Å². The van der Waals surface area contributed by atoms with Crippen LogP contribution in [0.1, 0.15) is 20.3 Å². The molecular formula is C18H29N3O3. The summed E-state index contributed by atoms with van der Waals surface area (Å²) in [5.41, 5.74) is 1.04. The number of anilines is 1. The molecule has 1 saturated heterocycles. The summed E-state index contributed by atoms with van der Waals surface area (Å²) >= 11 is 0. The number of benzene rings is 1. The van der Waals surface area contributed by atoms with Gasteiger partial charge >= 0.3 is 6.03 Å². The van der Waals surface area contributed by atoms with Gasteiger partial charge in [-0.1, -0.05) is 13.8 Å². The Morgan fingerprint density at radius 3 is 2.46 bits per heavy atom. The van der Waals surface area contributed by atoms with Crippen LogP contribution < -0.4 is 19.7 Å². The second-order valence-corrected chi connectivity index (χ2v) is 6.43. The van der Waals surface area contributed by atoms with Gasteiger partial charge in [-0.25, -0.2) is 4.79 Å². The second-order valence-electron chi connectivity index (χ2n) is 6.43. The number of ether oxygens (including phenoxy) is 2. The highest BCUT2D eigenvalue weighted by molar-refractivity contribution is 5.74. The number of nitrogens with zero attached hydrogens (tertiary/aromatic N) is 2. The number of hydrogen-bond donors (Lipinski definition) is 1. The van der Waals surface area contributed by atoms with E-state index in [1.165, 1.54) is 0 Å². The maximum absolute atomic E-state index is 12.2. The fourth-order valence-corrected chi connectivity index (χ4v) is 2.78. The number of hydrogen-bond acceptors (Lipinski definition) is 4. The smallest absolute Gasteiger partial charge is 0.317 e. The lowest BCUT2D eigenvalue weighted by atomic mass is 10.1. The third-order valence-electron chi connectivity index (χ3n) is 4.29. The van der Waals surface area contributed by atoms with E-state index in [1.54, 1.807) is 14.2 Å². The SMILES string of the molecule is COc1ccc(N2CCN(C(=O)NCCC(C)C)CC2)c(OC)c1. The lowest BCUT2D eigenvalue weighted by molar-refractivity contribution is 0.193. The number of carbonyl (C=O) groups is 1. The highest BCUT2D eigenvalue weighted by Gasteiger charge is 2.23. The summed E-state index contributed by atoms with van der Waals surface area (Å²) in [7, 11) is 3.31. The molecule has 1 N–H and O–H groups in total. The van der Waals surface area contributed by atoms with Crippen molar-refractivity contribution in [3.63, 3.8) is 0 Å². The lowest BCUT2D eigenvalue weighted by Gasteiger charge is -2.36. The van der Waals surface area contributed by atoms with Gasteiger partial charge in [0.15, 0.2) is 0 Å². The maximum atomic E-state index is 12.2. The van der Waals surface area contributed by atoms with Gasteiger partial charge < -0.3 is 24.6 Å². The molecule has 1 fully saturated rings. The molecule has 2 amide bonds. The van der Waals surface area contributed by atoms with Crippen LogP contribution >= 0.6 is 0 Å².